The van der Waals surface area contributed by atoms with Gasteiger partial charge in [-0.1, -0.05) is 29.8 Å². The molecule has 0 saturated heterocycles. The standard InChI is InChI=1S/C17H15ClN2O6/c18-14-6-1-2-7-15(14)25-8-9-26-16(21)11-19-17(22)12-4-3-5-13(10-12)20(23)24/h1-7,10H,8-9,11H2,(H,19,22). The minimum absolute atomic E-state index is 0.0171. The van der Waals surface area contributed by atoms with Crippen molar-refractivity contribution in [2.24, 2.45) is 0 Å². The Morgan fingerprint density at radius 3 is 2.62 bits per heavy atom. The van der Waals surface area contributed by atoms with E-state index in [2.05, 4.69) is 5.32 Å². The van der Waals surface area contributed by atoms with Gasteiger partial charge in [0.25, 0.3) is 11.6 Å². The van der Waals surface area contributed by atoms with Gasteiger partial charge in [0.1, 0.15) is 25.5 Å². The Labute approximate surface area is 153 Å². The third-order valence-electron chi connectivity index (χ3n) is 3.15. The lowest BCUT2D eigenvalue weighted by Gasteiger charge is -2.09. The van der Waals surface area contributed by atoms with Crippen LogP contribution in [-0.4, -0.2) is 36.6 Å². The van der Waals surface area contributed by atoms with Crippen LogP contribution in [0, 0.1) is 10.1 Å². The van der Waals surface area contributed by atoms with E-state index in [4.69, 9.17) is 21.1 Å². The lowest BCUT2D eigenvalue weighted by atomic mass is 10.2. The highest BCUT2D eigenvalue weighted by molar-refractivity contribution is 6.32. The summed E-state index contributed by atoms with van der Waals surface area (Å²) in [6.45, 7) is -0.279. The summed E-state index contributed by atoms with van der Waals surface area (Å²) >= 11 is 5.92. The summed E-state index contributed by atoms with van der Waals surface area (Å²) in [5, 5.41) is 13.5. The third-order valence-corrected chi connectivity index (χ3v) is 3.47. The maximum atomic E-state index is 11.9. The van der Waals surface area contributed by atoms with Crippen LogP contribution in [0.4, 0.5) is 5.69 Å². The van der Waals surface area contributed by atoms with E-state index >= 15 is 0 Å². The van der Waals surface area contributed by atoms with Crippen LogP contribution >= 0.6 is 11.6 Å². The number of rotatable bonds is 8. The van der Waals surface area contributed by atoms with Gasteiger partial charge in [-0.15, -0.1) is 0 Å². The van der Waals surface area contributed by atoms with Gasteiger partial charge in [-0.25, -0.2) is 0 Å². The van der Waals surface area contributed by atoms with Gasteiger partial charge in [0.15, 0.2) is 0 Å². The predicted molar refractivity (Wildman–Crippen MR) is 93.3 cm³/mol. The smallest absolute Gasteiger partial charge is 0.325 e. The zero-order valence-corrected chi connectivity index (χ0v) is 14.3. The molecule has 1 N–H and O–H groups in total. The summed E-state index contributed by atoms with van der Waals surface area (Å²) in [7, 11) is 0. The first-order chi connectivity index (χ1) is 12.5. The van der Waals surface area contributed by atoms with Crippen LogP contribution in [0.1, 0.15) is 10.4 Å². The van der Waals surface area contributed by atoms with Crippen LogP contribution < -0.4 is 10.1 Å². The second-order valence-corrected chi connectivity index (χ2v) is 5.40. The summed E-state index contributed by atoms with van der Waals surface area (Å²) in [6.07, 6.45) is 0. The number of hydrogen-bond donors (Lipinski definition) is 1. The molecule has 0 spiro atoms. The molecule has 2 aromatic rings. The van der Waals surface area contributed by atoms with E-state index in [-0.39, 0.29) is 31.0 Å². The number of halogens is 1. The monoisotopic (exact) mass is 378 g/mol. The van der Waals surface area contributed by atoms with Crippen molar-refractivity contribution in [3.05, 3.63) is 69.2 Å². The van der Waals surface area contributed by atoms with Gasteiger partial charge in [0.05, 0.1) is 9.95 Å². The fraction of sp³-hybridized carbons (Fsp3) is 0.176. The Balaban J connectivity index is 1.71. The number of benzene rings is 2. The molecule has 136 valence electrons. The molecule has 0 saturated carbocycles. The van der Waals surface area contributed by atoms with E-state index in [1.165, 1.54) is 18.2 Å². The molecule has 2 aromatic carbocycles. The third kappa shape index (κ3) is 5.75. The molecule has 0 heterocycles. The molecule has 0 aliphatic rings. The number of nitro benzene ring substituents is 1. The molecule has 0 aromatic heterocycles. The van der Waals surface area contributed by atoms with Crippen molar-refractivity contribution in [3.8, 4) is 5.75 Å². The lowest BCUT2D eigenvalue weighted by molar-refractivity contribution is -0.384. The van der Waals surface area contributed by atoms with Crippen LogP contribution in [0.5, 0.6) is 5.75 Å². The number of non-ortho nitro benzene ring substituents is 1. The Bertz CT molecular complexity index is 811. The summed E-state index contributed by atoms with van der Waals surface area (Å²) in [6, 6.07) is 12.1. The van der Waals surface area contributed by atoms with E-state index in [1.807, 2.05) is 0 Å². The normalized spacial score (nSPS) is 10.0. The topological polar surface area (TPSA) is 108 Å². The molecule has 0 radical (unpaired) electrons. The molecule has 2 rings (SSSR count). The number of carbonyl (C=O) groups is 2. The molecule has 9 heteroatoms. The van der Waals surface area contributed by atoms with Gasteiger partial charge < -0.3 is 14.8 Å². The minimum atomic E-state index is -0.661. The van der Waals surface area contributed by atoms with Crippen LogP contribution in [0.15, 0.2) is 48.5 Å². The number of nitro groups is 1. The first-order valence-corrected chi connectivity index (χ1v) is 7.91. The average Bonchev–Trinajstić information content (AvgIpc) is 2.64. The fourth-order valence-corrected chi connectivity index (χ4v) is 2.13. The zero-order chi connectivity index (χ0) is 18.9. The highest BCUT2D eigenvalue weighted by atomic mass is 35.5. The number of para-hydroxylation sites is 1. The van der Waals surface area contributed by atoms with Crippen LogP contribution in [0.3, 0.4) is 0 Å². The molecule has 0 fully saturated rings. The largest absolute Gasteiger partial charge is 0.488 e. The Morgan fingerprint density at radius 1 is 1.12 bits per heavy atom. The van der Waals surface area contributed by atoms with Crippen molar-refractivity contribution in [3.63, 3.8) is 0 Å². The summed E-state index contributed by atoms with van der Waals surface area (Å²) in [5.41, 5.74) is -0.133. The molecule has 0 unspecified atom stereocenters. The summed E-state index contributed by atoms with van der Waals surface area (Å²) < 4.78 is 10.3. The Morgan fingerprint density at radius 2 is 1.88 bits per heavy atom. The molecular formula is C17H15ClN2O6. The van der Waals surface area contributed by atoms with Gasteiger partial charge in [0.2, 0.25) is 0 Å². The lowest BCUT2D eigenvalue weighted by Crippen LogP contribution is -2.31. The number of esters is 1. The number of nitrogens with one attached hydrogen (secondary N) is 1. The molecule has 0 aliphatic heterocycles. The van der Waals surface area contributed by atoms with Crippen LogP contribution in [-0.2, 0) is 9.53 Å². The number of ether oxygens (including phenoxy) is 2. The summed E-state index contributed by atoms with van der Waals surface area (Å²) in [5.74, 6) is -0.798. The van der Waals surface area contributed by atoms with E-state index in [0.29, 0.717) is 10.8 Å². The highest BCUT2D eigenvalue weighted by Gasteiger charge is 2.13. The first-order valence-electron chi connectivity index (χ1n) is 7.53. The maximum Gasteiger partial charge on any atom is 0.325 e. The molecule has 0 aliphatic carbocycles. The average molecular weight is 379 g/mol. The first kappa shape index (κ1) is 19.2. The van der Waals surface area contributed by atoms with Gasteiger partial charge >= 0.3 is 5.97 Å². The van der Waals surface area contributed by atoms with Crippen molar-refractivity contribution in [2.75, 3.05) is 19.8 Å². The van der Waals surface area contributed by atoms with Crippen molar-refractivity contribution in [1.82, 2.24) is 5.32 Å². The van der Waals surface area contributed by atoms with Crippen LogP contribution in [0.2, 0.25) is 5.02 Å². The molecule has 1 amide bonds. The molecular weight excluding hydrogens is 364 g/mol. The summed E-state index contributed by atoms with van der Waals surface area (Å²) in [4.78, 5) is 33.6. The number of nitrogens with zero attached hydrogens (tertiary/aromatic N) is 1. The highest BCUT2D eigenvalue weighted by Crippen LogP contribution is 2.22. The minimum Gasteiger partial charge on any atom is -0.488 e. The Hall–Kier alpha value is -3.13. The van der Waals surface area contributed by atoms with Gasteiger partial charge in [-0.05, 0) is 18.2 Å². The molecule has 0 bridgehead atoms. The number of carbonyl (C=O) groups excluding carboxylic acids is 2. The molecule has 0 atom stereocenters. The van der Waals surface area contributed by atoms with Crippen molar-refractivity contribution in [1.29, 1.82) is 0 Å². The van der Waals surface area contributed by atoms with Gasteiger partial charge in [0, 0.05) is 17.7 Å². The maximum absolute atomic E-state index is 11.9. The number of amides is 1. The van der Waals surface area contributed by atoms with E-state index < -0.39 is 16.8 Å². The second-order valence-electron chi connectivity index (χ2n) is 4.99. The van der Waals surface area contributed by atoms with E-state index in [0.717, 1.165) is 6.07 Å². The van der Waals surface area contributed by atoms with Crippen LogP contribution in [0.25, 0.3) is 0 Å². The number of hydrogen-bond acceptors (Lipinski definition) is 6. The fourth-order valence-electron chi connectivity index (χ4n) is 1.94. The quantitative estimate of drug-likeness (QED) is 0.327. The van der Waals surface area contributed by atoms with Crippen molar-refractivity contribution in [2.45, 2.75) is 0 Å². The van der Waals surface area contributed by atoms with E-state index in [9.17, 15) is 19.7 Å². The van der Waals surface area contributed by atoms with Crippen molar-refractivity contribution < 1.29 is 24.0 Å². The molecule has 8 nitrogen and oxygen atoms in total. The van der Waals surface area contributed by atoms with E-state index in [1.54, 1.807) is 24.3 Å². The predicted octanol–water partition coefficient (Wildman–Crippen LogP) is 2.60. The van der Waals surface area contributed by atoms with Gasteiger partial charge in [-0.2, -0.15) is 0 Å². The van der Waals surface area contributed by atoms with Gasteiger partial charge in [-0.3, -0.25) is 19.7 Å². The SMILES string of the molecule is O=C(CNC(=O)c1cccc([N+](=O)[O-])c1)OCCOc1ccccc1Cl. The zero-order valence-electron chi connectivity index (χ0n) is 13.5. The molecule has 26 heavy (non-hydrogen) atoms. The second kappa shape index (κ2) is 9.38. The van der Waals surface area contributed by atoms with Crippen molar-refractivity contribution >= 4 is 29.2 Å². The Kier molecular flexibility index (Phi) is 6.92.